The lowest BCUT2D eigenvalue weighted by molar-refractivity contribution is -0.137. The number of carbonyl (C=O) groups excluding carboxylic acids is 1. The van der Waals surface area contributed by atoms with Crippen LogP contribution in [0.15, 0.2) is 60.7 Å². The minimum absolute atomic E-state index is 0.00936. The molecule has 0 aliphatic carbocycles. The minimum Gasteiger partial charge on any atom is -0.377 e. The molecule has 0 saturated carbocycles. The summed E-state index contributed by atoms with van der Waals surface area (Å²) >= 11 is 0. The quantitative estimate of drug-likeness (QED) is 0.611. The maximum atomic E-state index is 12.8. The highest BCUT2D eigenvalue weighted by atomic mass is 19.4. The number of ketones is 1. The summed E-state index contributed by atoms with van der Waals surface area (Å²) < 4.78 is 38.3. The largest absolute Gasteiger partial charge is 0.416 e. The highest BCUT2D eigenvalue weighted by molar-refractivity contribution is 6.08. The average Bonchev–Trinajstić information content (AvgIpc) is 2.52. The van der Waals surface area contributed by atoms with Gasteiger partial charge in [0.05, 0.1) is 5.56 Å². The molecule has 0 radical (unpaired) electrons. The van der Waals surface area contributed by atoms with E-state index in [9.17, 15) is 18.0 Å². The van der Waals surface area contributed by atoms with Crippen LogP contribution < -0.4 is 0 Å². The number of hydrogen-bond acceptors (Lipinski definition) is 2. The SMILES string of the molecule is CN(C)/C(=C/C(=O)c1cccc(C(F)(F)F)c1)c1ccccc1. The predicted molar refractivity (Wildman–Crippen MR) is 83.9 cm³/mol. The number of allylic oxidation sites excluding steroid dienone is 1. The third-order valence-corrected chi connectivity index (χ3v) is 3.29. The van der Waals surface area contributed by atoms with Gasteiger partial charge in [0.2, 0.25) is 0 Å². The number of rotatable bonds is 4. The monoisotopic (exact) mass is 319 g/mol. The standard InChI is InChI=1S/C18H16F3NO/c1-22(2)16(13-7-4-3-5-8-13)12-17(23)14-9-6-10-15(11-14)18(19,20)21/h3-12H,1-2H3/b16-12+. The van der Waals surface area contributed by atoms with Crippen LogP contribution in [-0.2, 0) is 6.18 Å². The van der Waals surface area contributed by atoms with E-state index in [0.717, 1.165) is 17.7 Å². The van der Waals surface area contributed by atoms with Gasteiger partial charge in [-0.15, -0.1) is 0 Å². The number of halogens is 3. The van der Waals surface area contributed by atoms with Crippen molar-refractivity contribution in [3.05, 3.63) is 77.4 Å². The molecular weight excluding hydrogens is 303 g/mol. The Hall–Kier alpha value is -2.56. The topological polar surface area (TPSA) is 20.3 Å². The third-order valence-electron chi connectivity index (χ3n) is 3.29. The van der Waals surface area contributed by atoms with Gasteiger partial charge in [-0.25, -0.2) is 0 Å². The van der Waals surface area contributed by atoms with E-state index < -0.39 is 17.5 Å². The Kier molecular flexibility index (Phi) is 4.89. The number of alkyl halides is 3. The molecule has 0 heterocycles. The molecule has 2 nitrogen and oxygen atoms in total. The Labute approximate surface area is 132 Å². The Bertz CT molecular complexity index is 719. The van der Waals surface area contributed by atoms with Crippen molar-refractivity contribution in [1.82, 2.24) is 4.90 Å². The van der Waals surface area contributed by atoms with Gasteiger partial charge in [-0.05, 0) is 17.7 Å². The summed E-state index contributed by atoms with van der Waals surface area (Å²) in [5, 5.41) is 0. The number of benzene rings is 2. The van der Waals surface area contributed by atoms with E-state index in [1.807, 2.05) is 30.3 Å². The molecular formula is C18H16F3NO. The van der Waals surface area contributed by atoms with Crippen LogP contribution in [0.5, 0.6) is 0 Å². The van der Waals surface area contributed by atoms with Gasteiger partial charge in [0.1, 0.15) is 0 Å². The first kappa shape index (κ1) is 16.8. The molecule has 0 aliphatic heterocycles. The van der Waals surface area contributed by atoms with Crippen molar-refractivity contribution in [2.45, 2.75) is 6.18 Å². The van der Waals surface area contributed by atoms with Crippen LogP contribution in [0.1, 0.15) is 21.5 Å². The van der Waals surface area contributed by atoms with Crippen molar-refractivity contribution in [3.8, 4) is 0 Å². The molecule has 0 amide bonds. The lowest BCUT2D eigenvalue weighted by Crippen LogP contribution is -2.12. The van der Waals surface area contributed by atoms with Gasteiger partial charge in [-0.2, -0.15) is 13.2 Å². The molecule has 2 rings (SSSR count). The van der Waals surface area contributed by atoms with Crippen LogP contribution in [0.2, 0.25) is 0 Å². The molecule has 0 atom stereocenters. The van der Waals surface area contributed by atoms with Gasteiger partial charge in [-0.3, -0.25) is 4.79 Å². The van der Waals surface area contributed by atoms with E-state index in [1.165, 1.54) is 18.2 Å². The zero-order chi connectivity index (χ0) is 17.0. The molecule has 0 aromatic heterocycles. The van der Waals surface area contributed by atoms with E-state index in [2.05, 4.69) is 0 Å². The van der Waals surface area contributed by atoms with Gasteiger partial charge in [0, 0.05) is 31.4 Å². The Morgan fingerprint density at radius 2 is 1.57 bits per heavy atom. The molecule has 0 N–H and O–H groups in total. The normalized spacial score (nSPS) is 12.1. The molecule has 0 bridgehead atoms. The predicted octanol–water partition coefficient (Wildman–Crippen LogP) is 4.49. The molecule has 0 unspecified atom stereocenters. The molecule has 2 aromatic carbocycles. The fourth-order valence-corrected chi connectivity index (χ4v) is 2.14. The second-order valence-electron chi connectivity index (χ2n) is 5.23. The van der Waals surface area contributed by atoms with Crippen LogP contribution in [0, 0.1) is 0 Å². The Balaban J connectivity index is 2.39. The molecule has 120 valence electrons. The van der Waals surface area contributed by atoms with E-state index in [-0.39, 0.29) is 5.56 Å². The van der Waals surface area contributed by atoms with E-state index in [0.29, 0.717) is 5.70 Å². The Morgan fingerprint density at radius 3 is 2.13 bits per heavy atom. The molecule has 0 fully saturated rings. The van der Waals surface area contributed by atoms with Gasteiger partial charge < -0.3 is 4.90 Å². The Morgan fingerprint density at radius 1 is 0.957 bits per heavy atom. The van der Waals surface area contributed by atoms with Gasteiger partial charge in [-0.1, -0.05) is 42.5 Å². The van der Waals surface area contributed by atoms with E-state index in [1.54, 1.807) is 19.0 Å². The summed E-state index contributed by atoms with van der Waals surface area (Å²) in [7, 11) is 3.55. The summed E-state index contributed by atoms with van der Waals surface area (Å²) in [5.74, 6) is -0.469. The first-order valence-corrected chi connectivity index (χ1v) is 6.95. The van der Waals surface area contributed by atoms with Crippen molar-refractivity contribution < 1.29 is 18.0 Å². The molecule has 23 heavy (non-hydrogen) atoms. The summed E-state index contributed by atoms with van der Waals surface area (Å²) in [6.45, 7) is 0. The van der Waals surface area contributed by atoms with Gasteiger partial charge in [0.15, 0.2) is 5.78 Å². The molecule has 0 saturated heterocycles. The zero-order valence-electron chi connectivity index (χ0n) is 12.8. The fourth-order valence-electron chi connectivity index (χ4n) is 2.14. The molecule has 2 aromatic rings. The van der Waals surface area contributed by atoms with Crippen molar-refractivity contribution in [1.29, 1.82) is 0 Å². The number of hydrogen-bond donors (Lipinski definition) is 0. The highest BCUT2D eigenvalue weighted by Crippen LogP contribution is 2.30. The van der Waals surface area contributed by atoms with Crippen LogP contribution in [-0.4, -0.2) is 24.8 Å². The number of nitrogens with zero attached hydrogens (tertiary/aromatic N) is 1. The number of carbonyl (C=O) groups is 1. The van der Waals surface area contributed by atoms with Crippen LogP contribution in [0.25, 0.3) is 5.70 Å². The third kappa shape index (κ3) is 4.22. The van der Waals surface area contributed by atoms with Gasteiger partial charge in [0.25, 0.3) is 0 Å². The summed E-state index contributed by atoms with van der Waals surface area (Å²) in [4.78, 5) is 14.1. The van der Waals surface area contributed by atoms with Crippen molar-refractivity contribution in [3.63, 3.8) is 0 Å². The second-order valence-corrected chi connectivity index (χ2v) is 5.23. The highest BCUT2D eigenvalue weighted by Gasteiger charge is 2.30. The zero-order valence-corrected chi connectivity index (χ0v) is 12.8. The second kappa shape index (κ2) is 6.69. The maximum Gasteiger partial charge on any atom is 0.416 e. The molecule has 0 aliphatic rings. The molecule has 0 spiro atoms. The summed E-state index contributed by atoms with van der Waals surface area (Å²) in [6, 6.07) is 13.6. The first-order valence-electron chi connectivity index (χ1n) is 6.95. The average molecular weight is 319 g/mol. The van der Waals surface area contributed by atoms with Gasteiger partial charge >= 0.3 is 6.18 Å². The van der Waals surface area contributed by atoms with Crippen LogP contribution in [0.3, 0.4) is 0 Å². The lowest BCUT2D eigenvalue weighted by Gasteiger charge is -2.17. The lowest BCUT2D eigenvalue weighted by atomic mass is 10.0. The van der Waals surface area contributed by atoms with Crippen molar-refractivity contribution >= 4 is 11.5 Å². The summed E-state index contributed by atoms with van der Waals surface area (Å²) in [5.41, 5.74) is 0.629. The first-order chi connectivity index (χ1) is 10.8. The minimum atomic E-state index is -4.47. The maximum absolute atomic E-state index is 12.8. The van der Waals surface area contributed by atoms with E-state index >= 15 is 0 Å². The van der Waals surface area contributed by atoms with Crippen LogP contribution in [0.4, 0.5) is 13.2 Å². The summed E-state index contributed by atoms with van der Waals surface area (Å²) in [6.07, 6.45) is -3.12. The van der Waals surface area contributed by atoms with Crippen molar-refractivity contribution in [2.75, 3.05) is 14.1 Å². The van der Waals surface area contributed by atoms with E-state index in [4.69, 9.17) is 0 Å². The smallest absolute Gasteiger partial charge is 0.377 e. The fraction of sp³-hybridized carbons (Fsp3) is 0.167. The molecule has 5 heteroatoms. The van der Waals surface area contributed by atoms with Crippen LogP contribution >= 0.6 is 0 Å². The van der Waals surface area contributed by atoms with Crippen molar-refractivity contribution in [2.24, 2.45) is 0 Å².